The molecule has 1 heterocycles. The molecule has 1 atom stereocenters. The van der Waals surface area contributed by atoms with Crippen LogP contribution < -0.4 is 4.74 Å². The molecule has 2 aromatic carbocycles. The summed E-state index contributed by atoms with van der Waals surface area (Å²) < 4.78 is 18.0. The minimum atomic E-state index is -0.422. The molecule has 3 rings (SSSR count). The van der Waals surface area contributed by atoms with Crippen LogP contribution in [0.4, 0.5) is 0 Å². The maximum absolute atomic E-state index is 12.2. The normalized spacial score (nSPS) is 12.1. The Labute approximate surface area is 153 Å². The zero-order valence-electron chi connectivity index (χ0n) is 15.1. The van der Waals surface area contributed by atoms with Crippen LogP contribution in [-0.2, 0) is 20.9 Å². The van der Waals surface area contributed by atoms with Gasteiger partial charge in [0.15, 0.2) is 0 Å². The van der Waals surface area contributed by atoms with Crippen LogP contribution in [0.2, 0.25) is 0 Å². The maximum atomic E-state index is 12.2. The van der Waals surface area contributed by atoms with Crippen molar-refractivity contribution >= 4 is 16.9 Å². The molecule has 0 radical (unpaired) electrons. The molecule has 0 aliphatic heterocycles. The highest BCUT2D eigenvalue weighted by molar-refractivity contribution is 5.88. The second kappa shape index (κ2) is 8.54. The van der Waals surface area contributed by atoms with Gasteiger partial charge in [-0.05, 0) is 30.7 Å². The van der Waals surface area contributed by atoms with Gasteiger partial charge in [-0.25, -0.2) is 4.79 Å². The lowest BCUT2D eigenvalue weighted by Crippen LogP contribution is -2.20. The first-order valence-electron chi connectivity index (χ1n) is 8.62. The molecule has 5 heteroatoms. The van der Waals surface area contributed by atoms with Crippen molar-refractivity contribution in [1.29, 1.82) is 0 Å². The number of hydrogen-bond acceptors (Lipinski definition) is 4. The first-order chi connectivity index (χ1) is 12.7. The lowest BCUT2D eigenvalue weighted by molar-refractivity contribution is -0.148. The summed E-state index contributed by atoms with van der Waals surface area (Å²) in [5, 5.41) is 0.972. The summed E-state index contributed by atoms with van der Waals surface area (Å²) in [6, 6.07) is 17.4. The van der Waals surface area contributed by atoms with Gasteiger partial charge in [-0.2, -0.15) is 0 Å². The lowest BCUT2D eigenvalue weighted by atomic mass is 10.2. The third-order valence-electron chi connectivity index (χ3n) is 4.25. The Hall–Kier alpha value is -2.79. The number of benzene rings is 2. The first kappa shape index (κ1) is 18.0. The molecule has 0 aliphatic rings. The smallest absolute Gasteiger partial charge is 0.328 e. The molecule has 0 spiro atoms. The molecule has 5 nitrogen and oxygen atoms in total. The van der Waals surface area contributed by atoms with Crippen LogP contribution in [0.1, 0.15) is 18.5 Å². The Kier molecular flexibility index (Phi) is 5.92. The molecule has 26 heavy (non-hydrogen) atoms. The van der Waals surface area contributed by atoms with Gasteiger partial charge in [0.2, 0.25) is 0 Å². The minimum absolute atomic E-state index is 0.254. The number of fused-ring (bicyclic) bond motifs is 1. The van der Waals surface area contributed by atoms with Gasteiger partial charge in [-0.15, -0.1) is 0 Å². The van der Waals surface area contributed by atoms with Crippen molar-refractivity contribution in [2.45, 2.75) is 19.6 Å². The van der Waals surface area contributed by atoms with E-state index in [-0.39, 0.29) is 12.6 Å². The standard InChI is InChI=1S/C21H23NO4/c1-16(21(23)25-14-13-24-2)22-12-11-18-19(22)9-6-10-20(18)26-15-17-7-4-3-5-8-17/h3-12,16H,13-15H2,1-2H3. The predicted molar refractivity (Wildman–Crippen MR) is 100 cm³/mol. The number of ether oxygens (including phenoxy) is 3. The van der Waals surface area contributed by atoms with Gasteiger partial charge in [0.1, 0.15) is 25.0 Å². The monoisotopic (exact) mass is 353 g/mol. The molecule has 0 aliphatic carbocycles. The average Bonchev–Trinajstić information content (AvgIpc) is 3.11. The van der Waals surface area contributed by atoms with E-state index in [1.165, 1.54) is 0 Å². The topological polar surface area (TPSA) is 49.7 Å². The molecule has 0 amide bonds. The maximum Gasteiger partial charge on any atom is 0.328 e. The van der Waals surface area contributed by atoms with Crippen LogP contribution in [0.25, 0.3) is 10.9 Å². The number of nitrogens with zero attached hydrogens (tertiary/aromatic N) is 1. The molecule has 1 aromatic heterocycles. The molecule has 136 valence electrons. The van der Waals surface area contributed by atoms with E-state index in [2.05, 4.69) is 0 Å². The summed E-state index contributed by atoms with van der Waals surface area (Å²) in [5.41, 5.74) is 2.05. The number of rotatable bonds is 8. The van der Waals surface area contributed by atoms with Gasteiger partial charge in [0.05, 0.1) is 12.1 Å². The van der Waals surface area contributed by atoms with Crippen LogP contribution in [0, 0.1) is 0 Å². The molecule has 0 bridgehead atoms. The van der Waals surface area contributed by atoms with Crippen molar-refractivity contribution in [3.05, 3.63) is 66.4 Å². The van der Waals surface area contributed by atoms with E-state index in [9.17, 15) is 4.79 Å². The Morgan fingerprint density at radius 3 is 2.62 bits per heavy atom. The summed E-state index contributed by atoms with van der Waals surface area (Å²) in [5.74, 6) is 0.514. The van der Waals surface area contributed by atoms with Crippen molar-refractivity contribution in [2.75, 3.05) is 20.3 Å². The van der Waals surface area contributed by atoms with Crippen LogP contribution in [0.15, 0.2) is 60.8 Å². The van der Waals surface area contributed by atoms with E-state index >= 15 is 0 Å². The largest absolute Gasteiger partial charge is 0.488 e. The van der Waals surface area contributed by atoms with Crippen molar-refractivity contribution < 1.29 is 19.0 Å². The Balaban J connectivity index is 1.76. The van der Waals surface area contributed by atoms with Gasteiger partial charge in [0, 0.05) is 18.7 Å². The predicted octanol–water partition coefficient (Wildman–Crippen LogP) is 3.97. The highest BCUT2D eigenvalue weighted by Gasteiger charge is 2.19. The van der Waals surface area contributed by atoms with Crippen LogP contribution in [0.5, 0.6) is 5.75 Å². The highest BCUT2D eigenvalue weighted by Crippen LogP contribution is 2.29. The zero-order valence-corrected chi connectivity index (χ0v) is 15.1. The number of hydrogen-bond donors (Lipinski definition) is 0. The summed E-state index contributed by atoms with van der Waals surface area (Å²) in [6.07, 6.45) is 1.89. The number of aromatic nitrogens is 1. The fourth-order valence-electron chi connectivity index (χ4n) is 2.82. The van der Waals surface area contributed by atoms with E-state index in [0.29, 0.717) is 13.2 Å². The van der Waals surface area contributed by atoms with Crippen molar-refractivity contribution in [3.8, 4) is 5.75 Å². The van der Waals surface area contributed by atoms with E-state index in [4.69, 9.17) is 14.2 Å². The second-order valence-electron chi connectivity index (χ2n) is 6.02. The number of esters is 1. The minimum Gasteiger partial charge on any atom is -0.488 e. The van der Waals surface area contributed by atoms with E-state index < -0.39 is 6.04 Å². The van der Waals surface area contributed by atoms with E-state index in [1.807, 2.05) is 72.3 Å². The van der Waals surface area contributed by atoms with Gasteiger partial charge in [-0.3, -0.25) is 0 Å². The molecule has 0 saturated carbocycles. The van der Waals surface area contributed by atoms with Gasteiger partial charge in [-0.1, -0.05) is 36.4 Å². The number of methoxy groups -OCH3 is 1. The van der Waals surface area contributed by atoms with E-state index in [1.54, 1.807) is 7.11 Å². The second-order valence-corrected chi connectivity index (χ2v) is 6.02. The molecule has 0 saturated heterocycles. The molecule has 0 fully saturated rings. The Bertz CT molecular complexity index is 857. The molecular weight excluding hydrogens is 330 g/mol. The van der Waals surface area contributed by atoms with Crippen molar-refractivity contribution in [1.82, 2.24) is 4.57 Å². The fraction of sp³-hybridized carbons (Fsp3) is 0.286. The molecule has 3 aromatic rings. The average molecular weight is 353 g/mol. The third kappa shape index (κ3) is 4.06. The fourth-order valence-corrected chi connectivity index (χ4v) is 2.82. The third-order valence-corrected chi connectivity index (χ3v) is 4.25. The summed E-state index contributed by atoms with van der Waals surface area (Å²) in [4.78, 5) is 12.2. The summed E-state index contributed by atoms with van der Waals surface area (Å²) in [7, 11) is 1.58. The van der Waals surface area contributed by atoms with Crippen molar-refractivity contribution in [2.24, 2.45) is 0 Å². The summed E-state index contributed by atoms with van der Waals surface area (Å²) >= 11 is 0. The SMILES string of the molecule is COCCOC(=O)C(C)n1ccc2c(OCc3ccccc3)cccc21. The van der Waals surface area contributed by atoms with Gasteiger partial charge < -0.3 is 18.8 Å². The van der Waals surface area contributed by atoms with Crippen molar-refractivity contribution in [3.63, 3.8) is 0 Å². The molecular formula is C21H23NO4. The molecule has 0 N–H and O–H groups in total. The van der Waals surface area contributed by atoms with Gasteiger partial charge >= 0.3 is 5.97 Å². The first-order valence-corrected chi connectivity index (χ1v) is 8.62. The number of carbonyl (C=O) groups is 1. The van der Waals surface area contributed by atoms with Crippen LogP contribution in [0.3, 0.4) is 0 Å². The Morgan fingerprint density at radius 2 is 1.85 bits per heavy atom. The summed E-state index contributed by atoms with van der Waals surface area (Å²) in [6.45, 7) is 2.97. The highest BCUT2D eigenvalue weighted by atomic mass is 16.6. The lowest BCUT2D eigenvalue weighted by Gasteiger charge is -2.15. The number of carbonyl (C=O) groups excluding carboxylic acids is 1. The van der Waals surface area contributed by atoms with Crippen LogP contribution in [-0.4, -0.2) is 30.9 Å². The zero-order chi connectivity index (χ0) is 18.4. The quantitative estimate of drug-likeness (QED) is 0.454. The Morgan fingerprint density at radius 1 is 1.04 bits per heavy atom. The van der Waals surface area contributed by atoms with E-state index in [0.717, 1.165) is 22.2 Å². The van der Waals surface area contributed by atoms with Gasteiger partial charge in [0.25, 0.3) is 0 Å². The van der Waals surface area contributed by atoms with Crippen LogP contribution >= 0.6 is 0 Å². The molecule has 1 unspecified atom stereocenters.